The molecule has 0 bridgehead atoms. The number of nitrogens with one attached hydrogen (secondary N) is 2. The van der Waals surface area contributed by atoms with Gasteiger partial charge in [-0.3, -0.25) is 9.59 Å². The van der Waals surface area contributed by atoms with E-state index in [2.05, 4.69) is 10.6 Å². The number of hydrogen-bond acceptors (Lipinski definition) is 5. The van der Waals surface area contributed by atoms with Gasteiger partial charge in [0.05, 0.1) is 18.8 Å². The third-order valence-electron chi connectivity index (χ3n) is 4.76. The normalized spacial score (nSPS) is 25.0. The fraction of sp³-hybridized carbons (Fsp3) is 0.579. The topological polar surface area (TPSA) is 76.7 Å². The zero-order chi connectivity index (χ0) is 18.4. The number of carbonyl (C=O) groups is 2. The van der Waals surface area contributed by atoms with Crippen molar-refractivity contribution in [2.24, 2.45) is 0 Å². The van der Waals surface area contributed by atoms with Gasteiger partial charge in [0.15, 0.2) is 0 Å². The van der Waals surface area contributed by atoms with E-state index in [1.807, 2.05) is 18.7 Å². The zero-order valence-electron chi connectivity index (χ0n) is 15.1. The molecule has 2 aliphatic heterocycles. The molecule has 142 valence electrons. The van der Waals surface area contributed by atoms with Crippen molar-refractivity contribution in [2.75, 3.05) is 31.3 Å². The lowest BCUT2D eigenvalue weighted by Crippen LogP contribution is -2.50. The maximum Gasteiger partial charge on any atom is 0.251 e. The second-order valence-corrected chi connectivity index (χ2v) is 7.84. The molecule has 0 aliphatic carbocycles. The minimum Gasteiger partial charge on any atom is -0.494 e. The highest BCUT2D eigenvalue weighted by molar-refractivity contribution is 7.99. The van der Waals surface area contributed by atoms with Crippen LogP contribution in [0.2, 0.25) is 0 Å². The molecular weight excluding hydrogens is 352 g/mol. The van der Waals surface area contributed by atoms with Crippen molar-refractivity contribution in [1.82, 2.24) is 10.6 Å². The monoisotopic (exact) mass is 378 g/mol. The van der Waals surface area contributed by atoms with Crippen molar-refractivity contribution < 1.29 is 19.1 Å². The first-order chi connectivity index (χ1) is 12.6. The molecule has 0 saturated carbocycles. The summed E-state index contributed by atoms with van der Waals surface area (Å²) < 4.78 is 11.3. The Balaban J connectivity index is 1.44. The van der Waals surface area contributed by atoms with Gasteiger partial charge in [0, 0.05) is 24.0 Å². The van der Waals surface area contributed by atoms with Gasteiger partial charge < -0.3 is 20.1 Å². The van der Waals surface area contributed by atoms with E-state index in [1.54, 1.807) is 24.3 Å². The van der Waals surface area contributed by atoms with Gasteiger partial charge in [-0.1, -0.05) is 0 Å². The molecule has 2 heterocycles. The maximum absolute atomic E-state index is 12.2. The van der Waals surface area contributed by atoms with Crippen molar-refractivity contribution in [1.29, 1.82) is 0 Å². The molecule has 2 N–H and O–H groups in total. The fourth-order valence-corrected chi connectivity index (χ4v) is 4.80. The van der Waals surface area contributed by atoms with Crippen LogP contribution in [0.15, 0.2) is 24.3 Å². The predicted octanol–water partition coefficient (Wildman–Crippen LogP) is 1.99. The first-order valence-corrected chi connectivity index (χ1v) is 10.3. The highest BCUT2D eigenvalue weighted by atomic mass is 32.2. The Morgan fingerprint density at radius 3 is 2.85 bits per heavy atom. The molecule has 2 saturated heterocycles. The van der Waals surface area contributed by atoms with Crippen molar-refractivity contribution in [3.63, 3.8) is 0 Å². The van der Waals surface area contributed by atoms with Crippen LogP contribution in [-0.2, 0) is 9.53 Å². The Kier molecular flexibility index (Phi) is 6.43. The second-order valence-electron chi connectivity index (χ2n) is 6.73. The van der Waals surface area contributed by atoms with E-state index < -0.39 is 0 Å². The van der Waals surface area contributed by atoms with Crippen LogP contribution in [-0.4, -0.2) is 54.7 Å². The zero-order valence-corrected chi connectivity index (χ0v) is 15.9. The molecule has 2 amide bonds. The third-order valence-corrected chi connectivity index (χ3v) is 5.99. The number of amides is 2. The van der Waals surface area contributed by atoms with Gasteiger partial charge >= 0.3 is 0 Å². The number of ether oxygens (including phenoxy) is 2. The van der Waals surface area contributed by atoms with Gasteiger partial charge in [-0.05, 0) is 56.2 Å². The van der Waals surface area contributed by atoms with Crippen LogP contribution < -0.4 is 15.4 Å². The molecule has 7 heteroatoms. The first-order valence-electron chi connectivity index (χ1n) is 9.12. The van der Waals surface area contributed by atoms with Crippen LogP contribution >= 0.6 is 11.8 Å². The molecule has 1 aromatic rings. The van der Waals surface area contributed by atoms with Crippen LogP contribution in [0.3, 0.4) is 0 Å². The average Bonchev–Trinajstić information content (AvgIpc) is 3.08. The molecule has 26 heavy (non-hydrogen) atoms. The van der Waals surface area contributed by atoms with E-state index in [1.165, 1.54) is 0 Å². The van der Waals surface area contributed by atoms with Gasteiger partial charge in [-0.15, -0.1) is 0 Å². The van der Waals surface area contributed by atoms with Crippen LogP contribution in [0.5, 0.6) is 5.75 Å². The molecule has 2 atom stereocenters. The minimum absolute atomic E-state index is 0.0227. The molecule has 3 rings (SSSR count). The molecule has 2 aliphatic rings. The molecular formula is C19H26N2O4S. The highest BCUT2D eigenvalue weighted by Crippen LogP contribution is 2.38. The molecule has 2 fully saturated rings. The Morgan fingerprint density at radius 1 is 1.35 bits per heavy atom. The fourth-order valence-electron chi connectivity index (χ4n) is 3.42. The van der Waals surface area contributed by atoms with E-state index in [0.29, 0.717) is 18.8 Å². The number of thioether (sulfide) groups is 1. The molecule has 1 aromatic carbocycles. The summed E-state index contributed by atoms with van der Waals surface area (Å²) in [7, 11) is 0. The first kappa shape index (κ1) is 19.0. The number of hydrogen-bond donors (Lipinski definition) is 2. The summed E-state index contributed by atoms with van der Waals surface area (Å²) in [6.45, 7) is 3.15. The Morgan fingerprint density at radius 2 is 2.15 bits per heavy atom. The summed E-state index contributed by atoms with van der Waals surface area (Å²) in [4.78, 5) is 24.4. The smallest absolute Gasteiger partial charge is 0.251 e. The van der Waals surface area contributed by atoms with Crippen molar-refractivity contribution in [3.05, 3.63) is 29.8 Å². The van der Waals surface area contributed by atoms with E-state index in [0.717, 1.165) is 36.5 Å². The van der Waals surface area contributed by atoms with Crippen LogP contribution in [0.4, 0.5) is 0 Å². The molecule has 6 nitrogen and oxygen atoms in total. The molecule has 0 radical (unpaired) electrons. The summed E-state index contributed by atoms with van der Waals surface area (Å²) >= 11 is 1.91. The molecule has 0 unspecified atom stereocenters. The SMILES string of the molecule is CCOc1ccc(C(=O)NCC(=O)N[C@H]2CCO[C@]3(CCSC3)C2)cc1. The van der Waals surface area contributed by atoms with E-state index >= 15 is 0 Å². The highest BCUT2D eigenvalue weighted by Gasteiger charge is 2.40. The minimum atomic E-state index is -0.265. The molecule has 0 aromatic heterocycles. The summed E-state index contributed by atoms with van der Waals surface area (Å²) in [5, 5.41) is 5.71. The van der Waals surface area contributed by atoms with Crippen molar-refractivity contribution in [2.45, 2.75) is 37.8 Å². The van der Waals surface area contributed by atoms with Crippen LogP contribution in [0.25, 0.3) is 0 Å². The Bertz CT molecular complexity index is 629. The van der Waals surface area contributed by atoms with Crippen LogP contribution in [0.1, 0.15) is 36.5 Å². The predicted molar refractivity (Wildman–Crippen MR) is 102 cm³/mol. The standard InChI is InChI=1S/C19H26N2O4S/c1-2-24-16-5-3-14(4-6-16)18(23)20-12-17(22)21-15-7-9-25-19(11-15)8-10-26-13-19/h3-6,15H,2,7-13H2,1H3,(H,20,23)(H,21,22)/t15-,19+/m0/s1. The van der Waals surface area contributed by atoms with Crippen molar-refractivity contribution in [3.8, 4) is 5.75 Å². The third kappa shape index (κ3) is 4.92. The summed E-state index contributed by atoms with van der Waals surface area (Å²) in [6.07, 6.45) is 2.74. The lowest BCUT2D eigenvalue weighted by Gasteiger charge is -2.38. The van der Waals surface area contributed by atoms with Gasteiger partial charge in [0.1, 0.15) is 5.75 Å². The quantitative estimate of drug-likeness (QED) is 0.792. The number of rotatable bonds is 6. The van der Waals surface area contributed by atoms with Crippen LogP contribution in [0, 0.1) is 0 Å². The van der Waals surface area contributed by atoms with E-state index in [9.17, 15) is 9.59 Å². The lowest BCUT2D eigenvalue weighted by atomic mass is 9.90. The number of benzene rings is 1. The summed E-state index contributed by atoms with van der Waals surface area (Å²) in [5.74, 6) is 2.43. The lowest BCUT2D eigenvalue weighted by molar-refractivity contribution is -0.123. The van der Waals surface area contributed by atoms with Gasteiger partial charge in [0.25, 0.3) is 5.91 Å². The molecule has 1 spiro atoms. The summed E-state index contributed by atoms with van der Waals surface area (Å²) in [6, 6.07) is 7.01. The second kappa shape index (κ2) is 8.77. The average molecular weight is 378 g/mol. The van der Waals surface area contributed by atoms with Gasteiger partial charge in [0.2, 0.25) is 5.91 Å². The maximum atomic E-state index is 12.2. The summed E-state index contributed by atoms with van der Waals surface area (Å²) in [5.41, 5.74) is 0.445. The van der Waals surface area contributed by atoms with Gasteiger partial charge in [-0.25, -0.2) is 0 Å². The Hall–Kier alpha value is -1.73. The van der Waals surface area contributed by atoms with E-state index in [-0.39, 0.29) is 30.0 Å². The van der Waals surface area contributed by atoms with Crippen molar-refractivity contribution >= 4 is 23.6 Å². The van der Waals surface area contributed by atoms with Gasteiger partial charge in [-0.2, -0.15) is 11.8 Å². The Labute approximate surface area is 158 Å². The largest absolute Gasteiger partial charge is 0.494 e. The number of carbonyl (C=O) groups excluding carboxylic acids is 2. The van der Waals surface area contributed by atoms with E-state index in [4.69, 9.17) is 9.47 Å².